The number of benzene rings is 2. The Morgan fingerprint density at radius 2 is 1.16 bits per heavy atom. The molecule has 0 heterocycles. The van der Waals surface area contributed by atoms with Crippen molar-refractivity contribution in [2.45, 2.75) is 115 Å². The molecular weight excluding hydrogens is 582 g/mol. The summed E-state index contributed by atoms with van der Waals surface area (Å²) in [5, 5.41) is 19.2. The predicted molar refractivity (Wildman–Crippen MR) is 174 cm³/mol. The Morgan fingerprint density at radius 1 is 0.705 bits per heavy atom. The van der Waals surface area contributed by atoms with Gasteiger partial charge in [0.15, 0.2) is 11.2 Å². The summed E-state index contributed by atoms with van der Waals surface area (Å²) in [5.41, 5.74) is -0.598. The average molecular weight is 630 g/mol. The van der Waals surface area contributed by atoms with E-state index in [-0.39, 0.29) is 22.4 Å². The van der Waals surface area contributed by atoms with Gasteiger partial charge in [-0.2, -0.15) is 0 Å². The van der Waals surface area contributed by atoms with E-state index in [1.807, 2.05) is 0 Å². The summed E-state index contributed by atoms with van der Waals surface area (Å²) in [6.45, 7) is 2.69. The zero-order valence-electron chi connectivity index (χ0n) is 26.0. The molecule has 44 heavy (non-hydrogen) atoms. The van der Waals surface area contributed by atoms with Crippen molar-refractivity contribution in [3.63, 3.8) is 0 Å². The van der Waals surface area contributed by atoms with E-state index in [2.05, 4.69) is 12.2 Å². The van der Waals surface area contributed by atoms with Crippen LogP contribution < -0.4 is 10.1 Å². The summed E-state index contributed by atoms with van der Waals surface area (Å²) in [6, 6.07) is 9.71. The Kier molecular flexibility index (Phi) is 17.8. The number of unbranched alkanes of at least 4 members (excludes halogenated alkanes) is 15. The van der Waals surface area contributed by atoms with Crippen LogP contribution in [0.4, 0.5) is 5.69 Å². The smallest absolute Gasteiger partial charge is 0.335 e. The number of ether oxygens (including phenoxy) is 1. The molecule has 0 fully saturated rings. The van der Waals surface area contributed by atoms with Gasteiger partial charge in [0.05, 0.1) is 23.3 Å². The number of ketones is 1. The number of amides is 1. The number of hydrogen-bond donors (Lipinski definition) is 3. The van der Waals surface area contributed by atoms with Gasteiger partial charge in [0.1, 0.15) is 5.75 Å². The highest BCUT2D eigenvalue weighted by molar-refractivity contribution is 6.45. The Balaban J connectivity index is 1.69. The molecule has 0 spiro atoms. The molecule has 8 nitrogen and oxygen atoms in total. The number of rotatable bonds is 24. The molecule has 2 aromatic carbocycles. The third-order valence-electron chi connectivity index (χ3n) is 7.56. The number of carbonyl (C=O) groups excluding carboxylic acids is 2. The maximum atomic E-state index is 13.1. The molecule has 1 amide bonds. The summed E-state index contributed by atoms with van der Waals surface area (Å²) in [4.78, 5) is 48.5. The van der Waals surface area contributed by atoms with E-state index >= 15 is 0 Å². The van der Waals surface area contributed by atoms with Crippen molar-refractivity contribution >= 4 is 40.9 Å². The molecule has 1 atom stereocenters. The van der Waals surface area contributed by atoms with Crippen molar-refractivity contribution in [1.29, 1.82) is 0 Å². The lowest BCUT2D eigenvalue weighted by atomic mass is 10.0. The normalized spacial score (nSPS) is 11.6. The van der Waals surface area contributed by atoms with Gasteiger partial charge in [0.25, 0.3) is 0 Å². The Labute approximate surface area is 266 Å². The summed E-state index contributed by atoms with van der Waals surface area (Å²) in [5.74, 6) is -3.99. The first kappa shape index (κ1) is 36.8. The van der Waals surface area contributed by atoms with E-state index in [9.17, 15) is 29.4 Å². The lowest BCUT2D eigenvalue weighted by Gasteiger charge is -2.14. The number of carboxylic acid groups (broad SMARTS) is 2. The van der Waals surface area contributed by atoms with Crippen LogP contribution in [0.2, 0.25) is 0 Å². The highest BCUT2D eigenvalue weighted by Gasteiger charge is 2.28. The highest BCUT2D eigenvalue weighted by Crippen LogP contribution is 2.24. The molecule has 2 aromatic rings. The monoisotopic (exact) mass is 629 g/mol. The Hall–Kier alpha value is -3.39. The van der Waals surface area contributed by atoms with E-state index in [1.54, 1.807) is 18.2 Å². The topological polar surface area (TPSA) is 130 Å². The second kappa shape index (κ2) is 21.3. The van der Waals surface area contributed by atoms with Crippen LogP contribution in [0.3, 0.4) is 0 Å². The number of carboxylic acids is 2. The molecule has 0 aromatic heterocycles. The molecule has 242 valence electrons. The van der Waals surface area contributed by atoms with Gasteiger partial charge in [0.2, 0.25) is 5.91 Å². The first-order chi connectivity index (χ1) is 21.2. The number of aromatic carboxylic acids is 2. The first-order valence-electron chi connectivity index (χ1n) is 16.1. The van der Waals surface area contributed by atoms with Gasteiger partial charge in [0, 0.05) is 5.69 Å². The van der Waals surface area contributed by atoms with Crippen LogP contribution in [-0.2, 0) is 4.79 Å². The van der Waals surface area contributed by atoms with Crippen molar-refractivity contribution < 1.29 is 34.1 Å². The van der Waals surface area contributed by atoms with E-state index in [0.717, 1.165) is 37.5 Å². The zero-order chi connectivity index (χ0) is 32.2. The molecule has 0 radical (unpaired) electrons. The van der Waals surface area contributed by atoms with Gasteiger partial charge in [-0.1, -0.05) is 115 Å². The number of para-hydroxylation sites is 1. The second-order valence-electron chi connectivity index (χ2n) is 11.3. The van der Waals surface area contributed by atoms with Crippen LogP contribution in [0.25, 0.3) is 0 Å². The van der Waals surface area contributed by atoms with Crippen LogP contribution in [0, 0.1) is 0 Å². The minimum Gasteiger partial charge on any atom is -0.493 e. The Bertz CT molecular complexity index is 1170. The van der Waals surface area contributed by atoms with Crippen LogP contribution in [0.5, 0.6) is 5.75 Å². The molecule has 2 rings (SSSR count). The van der Waals surface area contributed by atoms with Crippen molar-refractivity contribution in [2.75, 3.05) is 11.9 Å². The van der Waals surface area contributed by atoms with Gasteiger partial charge >= 0.3 is 11.9 Å². The maximum Gasteiger partial charge on any atom is 0.335 e. The van der Waals surface area contributed by atoms with E-state index in [0.29, 0.717) is 12.4 Å². The van der Waals surface area contributed by atoms with Crippen molar-refractivity contribution in [1.82, 2.24) is 0 Å². The van der Waals surface area contributed by atoms with Crippen LogP contribution in [0.15, 0.2) is 42.5 Å². The van der Waals surface area contributed by atoms with Crippen molar-refractivity contribution in [3.8, 4) is 5.75 Å². The number of Topliss-reactive ketones (excluding diaryl/α,β-unsaturated/α-hetero) is 1. The largest absolute Gasteiger partial charge is 0.493 e. The number of carbonyl (C=O) groups is 4. The third kappa shape index (κ3) is 13.9. The SMILES string of the molecule is CCCCCCCCCCCCCCCCCCOc1ccccc1C(=O)C(Cl)C(=O)Nc1cc(C(=O)O)cc(C(=O)O)c1. The van der Waals surface area contributed by atoms with E-state index in [4.69, 9.17) is 16.3 Å². The lowest BCUT2D eigenvalue weighted by molar-refractivity contribution is -0.115. The number of halogens is 1. The van der Waals surface area contributed by atoms with Crippen LogP contribution >= 0.6 is 11.6 Å². The second-order valence-corrected chi connectivity index (χ2v) is 11.7. The minimum absolute atomic E-state index is 0.0983. The molecule has 0 aliphatic rings. The molecule has 0 aliphatic heterocycles. The van der Waals surface area contributed by atoms with Crippen LogP contribution in [-0.4, -0.2) is 45.8 Å². The molecule has 1 unspecified atom stereocenters. The van der Waals surface area contributed by atoms with Crippen molar-refractivity contribution in [3.05, 3.63) is 59.2 Å². The molecule has 0 saturated carbocycles. The summed E-state index contributed by atoms with van der Waals surface area (Å²) in [7, 11) is 0. The van der Waals surface area contributed by atoms with Gasteiger partial charge in [-0.3, -0.25) is 9.59 Å². The summed E-state index contributed by atoms with van der Waals surface area (Å²) < 4.78 is 5.87. The number of alkyl halides is 1. The Morgan fingerprint density at radius 3 is 1.64 bits per heavy atom. The summed E-state index contributed by atoms with van der Waals surface area (Å²) in [6.07, 6.45) is 20.4. The quantitative estimate of drug-likeness (QED) is 0.0457. The summed E-state index contributed by atoms with van der Waals surface area (Å²) >= 11 is 6.20. The fourth-order valence-corrected chi connectivity index (χ4v) is 5.21. The molecule has 9 heteroatoms. The third-order valence-corrected chi connectivity index (χ3v) is 7.96. The van der Waals surface area contributed by atoms with Crippen LogP contribution in [0.1, 0.15) is 141 Å². The fourth-order valence-electron chi connectivity index (χ4n) is 5.04. The molecule has 0 saturated heterocycles. The highest BCUT2D eigenvalue weighted by atomic mass is 35.5. The van der Waals surface area contributed by atoms with Crippen molar-refractivity contribution in [2.24, 2.45) is 0 Å². The lowest BCUT2D eigenvalue weighted by Crippen LogP contribution is -2.31. The molecular formula is C35H48ClNO7. The van der Waals surface area contributed by atoms with Gasteiger partial charge < -0.3 is 20.3 Å². The van der Waals surface area contributed by atoms with Gasteiger partial charge in [-0.15, -0.1) is 11.6 Å². The molecule has 3 N–H and O–H groups in total. The molecule has 0 bridgehead atoms. The average Bonchev–Trinajstić information content (AvgIpc) is 3.01. The maximum absolute atomic E-state index is 13.1. The number of anilines is 1. The molecule has 0 aliphatic carbocycles. The zero-order valence-corrected chi connectivity index (χ0v) is 26.7. The fraction of sp³-hybridized carbons (Fsp3) is 0.543. The first-order valence-corrected chi connectivity index (χ1v) is 16.5. The van der Waals surface area contributed by atoms with Gasteiger partial charge in [-0.05, 0) is 36.8 Å². The standard InChI is InChI=1S/C35H48ClNO7/c1-2-3-4-5-6-7-8-9-10-11-12-13-14-15-16-19-22-44-30-21-18-17-20-29(30)32(38)31(36)33(39)37-28-24-26(34(40)41)23-27(25-28)35(42)43/h17-18,20-21,23-25,31H,2-16,19,22H2,1H3,(H,37,39)(H,40,41)(H,42,43). The van der Waals surface area contributed by atoms with E-state index < -0.39 is 29.0 Å². The minimum atomic E-state index is -1.64. The number of nitrogens with one attached hydrogen (secondary N) is 1. The van der Waals surface area contributed by atoms with Gasteiger partial charge in [-0.25, -0.2) is 9.59 Å². The van der Waals surface area contributed by atoms with E-state index in [1.165, 1.54) is 89.5 Å². The number of hydrogen-bond acceptors (Lipinski definition) is 5. The predicted octanol–water partition coefficient (Wildman–Crippen LogP) is 9.15.